The molecule has 0 saturated heterocycles. The lowest BCUT2D eigenvalue weighted by Gasteiger charge is -2.04. The second-order valence-corrected chi connectivity index (χ2v) is 2.27. The highest BCUT2D eigenvalue weighted by Crippen LogP contribution is 2.07. The van der Waals surface area contributed by atoms with Crippen molar-refractivity contribution in [2.24, 2.45) is 0 Å². The Labute approximate surface area is 68.8 Å². The molecule has 5 heteroatoms. The van der Waals surface area contributed by atoms with Crippen molar-refractivity contribution < 1.29 is 9.90 Å². The van der Waals surface area contributed by atoms with E-state index in [4.69, 9.17) is 10.4 Å². The van der Waals surface area contributed by atoms with Crippen molar-refractivity contribution in [3.8, 4) is 6.07 Å². The van der Waals surface area contributed by atoms with Crippen LogP contribution in [0.1, 0.15) is 23.5 Å². The molecule has 12 heavy (non-hydrogen) atoms. The van der Waals surface area contributed by atoms with Crippen LogP contribution in [0.25, 0.3) is 0 Å². The van der Waals surface area contributed by atoms with Crippen LogP contribution in [0, 0.1) is 11.3 Å². The standard InChI is InChI=1S/C7H7N3O2/c1-5(4-8)10-6(7(11)12)2-3-9-10/h2-3,5H,1H3,(H,11,12). The zero-order valence-electron chi connectivity index (χ0n) is 6.43. The number of aromatic nitrogens is 2. The number of hydrogen-bond acceptors (Lipinski definition) is 3. The normalized spacial score (nSPS) is 12.0. The Balaban J connectivity index is 3.09. The molecule has 1 heterocycles. The molecule has 0 amide bonds. The fourth-order valence-electron chi connectivity index (χ4n) is 0.847. The van der Waals surface area contributed by atoms with Crippen LogP contribution in [-0.2, 0) is 0 Å². The molecule has 1 rings (SSSR count). The van der Waals surface area contributed by atoms with E-state index < -0.39 is 12.0 Å². The number of nitriles is 1. The van der Waals surface area contributed by atoms with E-state index in [1.54, 1.807) is 6.92 Å². The molecule has 0 aliphatic heterocycles. The minimum absolute atomic E-state index is 0.0315. The van der Waals surface area contributed by atoms with Crippen molar-refractivity contribution in [3.05, 3.63) is 18.0 Å². The number of aromatic carboxylic acids is 1. The van der Waals surface area contributed by atoms with Gasteiger partial charge in [0.05, 0.1) is 6.07 Å². The van der Waals surface area contributed by atoms with Gasteiger partial charge < -0.3 is 5.11 Å². The summed E-state index contributed by atoms with van der Waals surface area (Å²) in [7, 11) is 0. The van der Waals surface area contributed by atoms with E-state index in [-0.39, 0.29) is 5.69 Å². The fourth-order valence-corrected chi connectivity index (χ4v) is 0.847. The highest BCUT2D eigenvalue weighted by Gasteiger charge is 2.13. The summed E-state index contributed by atoms with van der Waals surface area (Å²) in [6.07, 6.45) is 1.36. The van der Waals surface area contributed by atoms with Crippen LogP contribution in [-0.4, -0.2) is 20.9 Å². The third-order valence-electron chi connectivity index (χ3n) is 1.44. The molecule has 0 fully saturated rings. The van der Waals surface area contributed by atoms with Crippen LogP contribution >= 0.6 is 0 Å². The van der Waals surface area contributed by atoms with E-state index in [1.165, 1.54) is 16.9 Å². The largest absolute Gasteiger partial charge is 0.477 e. The minimum Gasteiger partial charge on any atom is -0.477 e. The Kier molecular flexibility index (Phi) is 2.10. The lowest BCUT2D eigenvalue weighted by molar-refractivity contribution is 0.0682. The topological polar surface area (TPSA) is 78.9 Å². The Morgan fingerprint density at radius 2 is 2.58 bits per heavy atom. The molecule has 0 bridgehead atoms. The Morgan fingerprint density at radius 1 is 1.92 bits per heavy atom. The Morgan fingerprint density at radius 3 is 3.08 bits per heavy atom. The van der Waals surface area contributed by atoms with Crippen LogP contribution in [0.2, 0.25) is 0 Å². The van der Waals surface area contributed by atoms with Gasteiger partial charge in [-0.05, 0) is 13.0 Å². The van der Waals surface area contributed by atoms with Crippen LogP contribution in [0.15, 0.2) is 12.3 Å². The molecule has 0 aromatic carbocycles. The van der Waals surface area contributed by atoms with Gasteiger partial charge in [0, 0.05) is 6.20 Å². The maximum Gasteiger partial charge on any atom is 0.354 e. The second kappa shape index (κ2) is 3.05. The summed E-state index contributed by atoms with van der Waals surface area (Å²) in [5.41, 5.74) is 0.0315. The summed E-state index contributed by atoms with van der Waals surface area (Å²) >= 11 is 0. The highest BCUT2D eigenvalue weighted by molar-refractivity contribution is 5.85. The molecular weight excluding hydrogens is 158 g/mol. The lowest BCUT2D eigenvalue weighted by atomic mass is 10.3. The third kappa shape index (κ3) is 1.27. The van der Waals surface area contributed by atoms with Gasteiger partial charge in [0.2, 0.25) is 0 Å². The minimum atomic E-state index is -1.07. The SMILES string of the molecule is CC(C#N)n1nccc1C(=O)O. The van der Waals surface area contributed by atoms with Gasteiger partial charge in [0.15, 0.2) is 0 Å². The molecule has 62 valence electrons. The van der Waals surface area contributed by atoms with Gasteiger partial charge in [-0.3, -0.25) is 0 Å². The fraction of sp³-hybridized carbons (Fsp3) is 0.286. The number of carboxylic acid groups (broad SMARTS) is 1. The molecule has 1 aromatic heterocycles. The van der Waals surface area contributed by atoms with Crippen molar-refractivity contribution >= 4 is 5.97 Å². The van der Waals surface area contributed by atoms with E-state index >= 15 is 0 Å². The van der Waals surface area contributed by atoms with E-state index in [0.717, 1.165) is 0 Å². The quantitative estimate of drug-likeness (QED) is 0.698. The van der Waals surface area contributed by atoms with Crippen LogP contribution in [0.3, 0.4) is 0 Å². The molecule has 1 unspecified atom stereocenters. The van der Waals surface area contributed by atoms with Crippen molar-refractivity contribution in [3.63, 3.8) is 0 Å². The highest BCUT2D eigenvalue weighted by atomic mass is 16.4. The maximum absolute atomic E-state index is 10.5. The number of hydrogen-bond donors (Lipinski definition) is 1. The molecule has 1 aromatic rings. The molecular formula is C7H7N3O2. The summed E-state index contributed by atoms with van der Waals surface area (Å²) in [5, 5.41) is 20.9. The van der Waals surface area contributed by atoms with Gasteiger partial charge in [-0.1, -0.05) is 0 Å². The third-order valence-corrected chi connectivity index (χ3v) is 1.44. The Bertz CT molecular complexity index is 337. The first-order valence-corrected chi connectivity index (χ1v) is 3.33. The number of carboxylic acids is 1. The zero-order valence-corrected chi connectivity index (χ0v) is 6.43. The van der Waals surface area contributed by atoms with Crippen molar-refractivity contribution in [1.29, 1.82) is 5.26 Å². The second-order valence-electron chi connectivity index (χ2n) is 2.27. The van der Waals surface area contributed by atoms with Crippen molar-refractivity contribution in [2.75, 3.05) is 0 Å². The number of nitrogens with zero attached hydrogens (tertiary/aromatic N) is 3. The summed E-state index contributed by atoms with van der Waals surface area (Å²) in [6.45, 7) is 1.58. The molecule has 0 aliphatic carbocycles. The number of carbonyl (C=O) groups is 1. The monoisotopic (exact) mass is 165 g/mol. The first-order valence-electron chi connectivity index (χ1n) is 3.33. The van der Waals surface area contributed by atoms with Gasteiger partial charge in [-0.2, -0.15) is 10.4 Å². The van der Waals surface area contributed by atoms with Crippen LogP contribution in [0.4, 0.5) is 0 Å². The lowest BCUT2D eigenvalue weighted by Crippen LogP contribution is -2.12. The van der Waals surface area contributed by atoms with Gasteiger partial charge in [-0.15, -0.1) is 0 Å². The first kappa shape index (κ1) is 8.27. The van der Waals surface area contributed by atoms with E-state index in [9.17, 15) is 4.79 Å². The summed E-state index contributed by atoms with van der Waals surface area (Å²) in [4.78, 5) is 10.5. The van der Waals surface area contributed by atoms with Crippen molar-refractivity contribution in [2.45, 2.75) is 13.0 Å². The van der Waals surface area contributed by atoms with Crippen molar-refractivity contribution in [1.82, 2.24) is 9.78 Å². The summed E-state index contributed by atoms with van der Waals surface area (Å²) < 4.78 is 1.17. The molecule has 0 aliphatic rings. The summed E-state index contributed by atoms with van der Waals surface area (Å²) in [6, 6.07) is 2.71. The Hall–Kier alpha value is -1.83. The smallest absolute Gasteiger partial charge is 0.354 e. The van der Waals surface area contributed by atoms with E-state index in [2.05, 4.69) is 5.10 Å². The number of rotatable bonds is 2. The van der Waals surface area contributed by atoms with Crippen LogP contribution < -0.4 is 0 Å². The molecule has 5 nitrogen and oxygen atoms in total. The van der Waals surface area contributed by atoms with Gasteiger partial charge >= 0.3 is 5.97 Å². The van der Waals surface area contributed by atoms with E-state index in [0.29, 0.717) is 0 Å². The van der Waals surface area contributed by atoms with Crippen LogP contribution in [0.5, 0.6) is 0 Å². The van der Waals surface area contributed by atoms with Gasteiger partial charge in [0.1, 0.15) is 11.7 Å². The predicted molar refractivity (Wildman–Crippen MR) is 39.5 cm³/mol. The molecule has 0 saturated carbocycles. The zero-order chi connectivity index (χ0) is 9.14. The molecule has 0 spiro atoms. The van der Waals surface area contributed by atoms with E-state index in [1.807, 2.05) is 6.07 Å². The average Bonchev–Trinajstić information content (AvgIpc) is 2.50. The first-order chi connectivity index (χ1) is 5.66. The van der Waals surface area contributed by atoms with Gasteiger partial charge in [0.25, 0.3) is 0 Å². The predicted octanol–water partition coefficient (Wildman–Crippen LogP) is 0.666. The molecule has 1 atom stereocenters. The molecule has 1 N–H and O–H groups in total. The maximum atomic E-state index is 10.5. The van der Waals surface area contributed by atoms with Gasteiger partial charge in [-0.25, -0.2) is 9.48 Å². The average molecular weight is 165 g/mol. The summed E-state index contributed by atoms with van der Waals surface area (Å²) in [5.74, 6) is -1.07. The molecule has 0 radical (unpaired) electrons.